The van der Waals surface area contributed by atoms with Gasteiger partial charge in [0.05, 0.1) is 22.2 Å². The van der Waals surface area contributed by atoms with Crippen LogP contribution in [0.25, 0.3) is 16.6 Å². The second-order valence-corrected chi connectivity index (χ2v) is 13.0. The van der Waals surface area contributed by atoms with Gasteiger partial charge in [-0.2, -0.15) is 13.2 Å². The van der Waals surface area contributed by atoms with Crippen LogP contribution in [-0.2, 0) is 35.4 Å². The van der Waals surface area contributed by atoms with Crippen molar-refractivity contribution in [3.8, 4) is 5.69 Å². The summed E-state index contributed by atoms with van der Waals surface area (Å²) < 4.78 is 42.5. The summed E-state index contributed by atoms with van der Waals surface area (Å²) in [7, 11) is 0. The van der Waals surface area contributed by atoms with Crippen molar-refractivity contribution in [2.45, 2.75) is 36.2 Å². The normalized spacial score (nSPS) is 11.3. The Balaban J connectivity index is 1.41. The van der Waals surface area contributed by atoms with Crippen molar-refractivity contribution < 1.29 is 27.6 Å². The Morgan fingerprint density at radius 1 is 0.660 bits per heavy atom. The van der Waals surface area contributed by atoms with Gasteiger partial charge in [-0.3, -0.25) is 23.7 Å². The monoisotopic (exact) mass is 735 g/mol. The molecule has 6 aromatic rings. The number of benzene rings is 5. The zero-order valence-electron chi connectivity index (χ0n) is 28.0. The molecular formula is C40H32F3N5O4S. The number of hydrogen-bond donors (Lipinski definition) is 3. The molecular weight excluding hydrogens is 704 g/mol. The minimum atomic E-state index is -4.73. The van der Waals surface area contributed by atoms with Crippen molar-refractivity contribution in [1.29, 1.82) is 0 Å². The zero-order valence-corrected chi connectivity index (χ0v) is 28.8. The first kappa shape index (κ1) is 36.6. The summed E-state index contributed by atoms with van der Waals surface area (Å²) in [5.74, 6) is -1.89. The van der Waals surface area contributed by atoms with E-state index in [2.05, 4.69) is 20.9 Å². The summed E-state index contributed by atoms with van der Waals surface area (Å²) in [5.41, 5.74) is 0.646. The molecule has 53 heavy (non-hydrogen) atoms. The molecule has 0 bridgehead atoms. The highest BCUT2D eigenvalue weighted by Gasteiger charge is 2.33. The number of rotatable bonds is 12. The van der Waals surface area contributed by atoms with Crippen LogP contribution in [0.5, 0.6) is 0 Å². The Hall–Kier alpha value is -6.21. The number of carbonyl (C=O) groups is 3. The van der Waals surface area contributed by atoms with Crippen LogP contribution in [0.4, 0.5) is 13.2 Å². The molecule has 6 rings (SSSR count). The molecule has 0 saturated carbocycles. The third-order valence-corrected chi connectivity index (χ3v) is 9.30. The molecule has 0 aliphatic heterocycles. The fraction of sp³-hybridized carbons (Fsp3) is 0.125. The number of fused-ring (bicyclic) bond motifs is 1. The van der Waals surface area contributed by atoms with Gasteiger partial charge in [-0.25, -0.2) is 4.98 Å². The van der Waals surface area contributed by atoms with Crippen LogP contribution in [0, 0.1) is 0 Å². The van der Waals surface area contributed by atoms with Gasteiger partial charge in [0.25, 0.3) is 11.5 Å². The van der Waals surface area contributed by atoms with E-state index < -0.39 is 40.3 Å². The van der Waals surface area contributed by atoms with Crippen LogP contribution in [-0.4, -0.2) is 32.5 Å². The van der Waals surface area contributed by atoms with E-state index in [1.165, 1.54) is 24.3 Å². The van der Waals surface area contributed by atoms with Gasteiger partial charge in [0, 0.05) is 25.2 Å². The molecule has 9 nitrogen and oxygen atoms in total. The van der Waals surface area contributed by atoms with E-state index in [1.54, 1.807) is 48.5 Å². The van der Waals surface area contributed by atoms with Gasteiger partial charge < -0.3 is 16.0 Å². The van der Waals surface area contributed by atoms with E-state index in [4.69, 9.17) is 0 Å². The summed E-state index contributed by atoms with van der Waals surface area (Å²) in [4.78, 5) is 59.5. The molecule has 3 amide bonds. The van der Waals surface area contributed by atoms with Crippen LogP contribution in [0.15, 0.2) is 143 Å². The summed E-state index contributed by atoms with van der Waals surface area (Å²) in [5, 5.41) is 6.55. The first-order valence-corrected chi connectivity index (χ1v) is 17.3. The number of amides is 3. The lowest BCUT2D eigenvalue weighted by atomic mass is 10.1. The van der Waals surface area contributed by atoms with E-state index in [9.17, 15) is 32.3 Å². The van der Waals surface area contributed by atoms with Crippen molar-refractivity contribution in [3.63, 3.8) is 0 Å². The minimum absolute atomic E-state index is 0.00461. The van der Waals surface area contributed by atoms with E-state index in [-0.39, 0.29) is 46.9 Å². The number of nitrogens with one attached hydrogen (secondary N) is 3. The summed E-state index contributed by atoms with van der Waals surface area (Å²) in [6, 6.07) is 35.5. The Kier molecular flexibility index (Phi) is 11.3. The predicted octanol–water partition coefficient (Wildman–Crippen LogP) is 6.43. The lowest BCUT2D eigenvalue weighted by Crippen LogP contribution is -2.43. The molecule has 268 valence electrons. The third kappa shape index (κ3) is 9.18. The van der Waals surface area contributed by atoms with Crippen LogP contribution < -0.4 is 21.5 Å². The Bertz CT molecular complexity index is 2250. The lowest BCUT2D eigenvalue weighted by molar-refractivity contribution is -0.137. The molecule has 3 N–H and O–H groups in total. The number of carbonyl (C=O) groups excluding carboxylic acids is 3. The van der Waals surface area contributed by atoms with Gasteiger partial charge in [0.1, 0.15) is 0 Å². The van der Waals surface area contributed by atoms with Gasteiger partial charge in [-0.15, -0.1) is 0 Å². The molecule has 0 aliphatic rings. The molecule has 0 saturated heterocycles. The van der Waals surface area contributed by atoms with Gasteiger partial charge >= 0.3 is 6.18 Å². The fourth-order valence-corrected chi connectivity index (χ4v) is 6.44. The number of nitrogens with zero attached hydrogens (tertiary/aromatic N) is 2. The number of halogens is 3. The molecule has 0 spiro atoms. The fourth-order valence-electron chi connectivity index (χ4n) is 5.40. The molecule has 13 heteroatoms. The Morgan fingerprint density at radius 3 is 1.72 bits per heavy atom. The summed E-state index contributed by atoms with van der Waals surface area (Å²) >= 11 is 0.607. The van der Waals surface area contributed by atoms with E-state index >= 15 is 0 Å². The predicted molar refractivity (Wildman–Crippen MR) is 196 cm³/mol. The van der Waals surface area contributed by atoms with Crippen LogP contribution >= 0.6 is 11.8 Å². The van der Waals surface area contributed by atoms with Crippen molar-refractivity contribution in [2.24, 2.45) is 0 Å². The average molecular weight is 736 g/mol. The largest absolute Gasteiger partial charge is 0.416 e. The first-order valence-electron chi connectivity index (χ1n) is 16.4. The SMILES string of the molecule is O=C(NCc1ccccc1)c1ccc2c(=O)n(-c3cccc(C(F)(F)F)c3)c(SC(C(=O)NCc3ccccc3)C(=O)NCc3ccccc3)nc2c1. The topological polar surface area (TPSA) is 122 Å². The van der Waals surface area contributed by atoms with Gasteiger partial charge in [-0.1, -0.05) is 109 Å². The standard InChI is InChI=1S/C40H32F3N5O4S/c41-40(42,43)30-17-10-18-31(22-30)48-38(52)32-20-19-29(35(49)44-23-26-11-4-1-5-12-26)21-33(32)47-39(48)53-34(36(50)45-24-27-13-6-2-7-14-27)37(51)46-25-28-15-8-3-9-16-28/h1-22,34H,23-25H2,(H,44,49)(H,45,50)(H,46,51). The highest BCUT2D eigenvalue weighted by atomic mass is 32.2. The maximum atomic E-state index is 14.2. The Morgan fingerprint density at radius 2 is 1.19 bits per heavy atom. The molecule has 0 atom stereocenters. The maximum Gasteiger partial charge on any atom is 0.416 e. The molecule has 0 aliphatic carbocycles. The highest BCUT2D eigenvalue weighted by Crippen LogP contribution is 2.32. The van der Waals surface area contributed by atoms with Crippen LogP contribution in [0.2, 0.25) is 0 Å². The maximum absolute atomic E-state index is 14.2. The minimum Gasteiger partial charge on any atom is -0.351 e. The van der Waals surface area contributed by atoms with E-state index in [0.717, 1.165) is 39.5 Å². The third-order valence-electron chi connectivity index (χ3n) is 8.15. The lowest BCUT2D eigenvalue weighted by Gasteiger charge is -2.20. The van der Waals surface area contributed by atoms with Crippen molar-refractivity contribution in [1.82, 2.24) is 25.5 Å². The van der Waals surface area contributed by atoms with E-state index in [0.29, 0.717) is 11.8 Å². The zero-order chi connectivity index (χ0) is 37.4. The van der Waals surface area contributed by atoms with Gasteiger partial charge in [0.2, 0.25) is 11.8 Å². The number of thioether (sulfide) groups is 1. The first-order chi connectivity index (χ1) is 25.6. The molecule has 0 radical (unpaired) electrons. The average Bonchev–Trinajstić information content (AvgIpc) is 3.18. The molecule has 0 fully saturated rings. The molecule has 1 aromatic heterocycles. The van der Waals surface area contributed by atoms with Crippen molar-refractivity contribution >= 4 is 40.4 Å². The summed E-state index contributed by atoms with van der Waals surface area (Å²) in [6.45, 7) is 0.396. The smallest absolute Gasteiger partial charge is 0.351 e. The van der Waals surface area contributed by atoms with Gasteiger partial charge in [-0.05, 0) is 53.1 Å². The van der Waals surface area contributed by atoms with Gasteiger partial charge in [0.15, 0.2) is 10.4 Å². The van der Waals surface area contributed by atoms with Crippen LogP contribution in [0.1, 0.15) is 32.6 Å². The summed E-state index contributed by atoms with van der Waals surface area (Å²) in [6.07, 6.45) is -4.73. The van der Waals surface area contributed by atoms with Crippen LogP contribution in [0.3, 0.4) is 0 Å². The second-order valence-electron chi connectivity index (χ2n) is 11.9. The van der Waals surface area contributed by atoms with E-state index in [1.807, 2.05) is 42.5 Å². The molecule has 1 heterocycles. The van der Waals surface area contributed by atoms with Crippen molar-refractivity contribution in [3.05, 3.63) is 172 Å². The highest BCUT2D eigenvalue weighted by molar-refractivity contribution is 8.01. The number of alkyl halides is 3. The quantitative estimate of drug-likeness (QED) is 0.0758. The number of hydrogen-bond acceptors (Lipinski definition) is 6. The number of aromatic nitrogens is 2. The Labute approximate surface area is 306 Å². The van der Waals surface area contributed by atoms with Crippen molar-refractivity contribution in [2.75, 3.05) is 0 Å². The molecule has 0 unspecified atom stereocenters. The second kappa shape index (κ2) is 16.4. The molecule has 5 aromatic carbocycles.